The third-order valence-corrected chi connectivity index (χ3v) is 4.16. The van der Waals surface area contributed by atoms with Crippen molar-refractivity contribution in [3.8, 4) is 0 Å². The van der Waals surface area contributed by atoms with E-state index in [-0.39, 0.29) is 31.7 Å². The number of hydrogen-bond acceptors (Lipinski definition) is 6. The fourth-order valence-electron chi connectivity index (χ4n) is 2.86. The largest absolute Gasteiger partial charge is 0.414 e. The number of nitro groups is 1. The van der Waals surface area contributed by atoms with Gasteiger partial charge in [-0.15, -0.1) is 0 Å². The van der Waals surface area contributed by atoms with Gasteiger partial charge in [-0.1, -0.05) is 9.61 Å². The van der Waals surface area contributed by atoms with Gasteiger partial charge in [-0.05, 0) is 29.7 Å². The monoisotopic (exact) mass is 345 g/mol. The van der Waals surface area contributed by atoms with Gasteiger partial charge >= 0.3 is 12.0 Å². The second-order valence-corrected chi connectivity index (χ2v) is 5.65. The Hall–Kier alpha value is -2.43. The lowest BCUT2D eigenvalue weighted by molar-refractivity contribution is -0.391. The topological polar surface area (TPSA) is 96.8 Å². The molecule has 1 saturated heterocycles. The number of anilines is 1. The minimum Gasteiger partial charge on any atom is -0.383 e. The molecular formula is C13H14F3N5O3. The third kappa shape index (κ3) is 2.98. The summed E-state index contributed by atoms with van der Waals surface area (Å²) in [5, 5.41) is 24.4. The molecule has 0 aliphatic carbocycles. The summed E-state index contributed by atoms with van der Waals surface area (Å²) in [5.41, 5.74) is 0.313. The summed E-state index contributed by atoms with van der Waals surface area (Å²) in [6, 6.07) is 3.18. The summed E-state index contributed by atoms with van der Waals surface area (Å²) in [6.07, 6.45) is -5.54. The summed E-state index contributed by atoms with van der Waals surface area (Å²) in [4.78, 5) is 15.9. The lowest BCUT2D eigenvalue weighted by Crippen LogP contribution is -2.43. The van der Waals surface area contributed by atoms with Crippen molar-refractivity contribution in [1.82, 2.24) is 14.6 Å². The van der Waals surface area contributed by atoms with Crippen LogP contribution in [0, 0.1) is 16.0 Å². The molecule has 1 aliphatic heterocycles. The number of piperidine rings is 1. The Morgan fingerprint density at radius 2 is 2.00 bits per heavy atom. The molecule has 1 fully saturated rings. The number of aromatic nitrogens is 3. The third-order valence-electron chi connectivity index (χ3n) is 4.16. The lowest BCUT2D eigenvalue weighted by atomic mass is 9.91. The van der Waals surface area contributed by atoms with Crippen molar-refractivity contribution in [2.45, 2.75) is 25.1 Å². The van der Waals surface area contributed by atoms with Crippen LogP contribution in [0.15, 0.2) is 18.3 Å². The number of fused-ring (bicyclic) bond motifs is 1. The van der Waals surface area contributed by atoms with Gasteiger partial charge in [-0.3, -0.25) is 0 Å². The molecule has 0 saturated carbocycles. The zero-order chi connectivity index (χ0) is 17.5. The van der Waals surface area contributed by atoms with Gasteiger partial charge in [0.05, 0.1) is 0 Å². The predicted molar refractivity (Wildman–Crippen MR) is 76.6 cm³/mol. The number of alkyl halides is 3. The van der Waals surface area contributed by atoms with Gasteiger partial charge in [0, 0.05) is 19.2 Å². The van der Waals surface area contributed by atoms with Gasteiger partial charge in [-0.2, -0.15) is 13.2 Å². The second-order valence-electron chi connectivity index (χ2n) is 5.65. The predicted octanol–water partition coefficient (Wildman–Crippen LogP) is 1.78. The van der Waals surface area contributed by atoms with Crippen LogP contribution in [0.5, 0.6) is 0 Å². The molecule has 0 aromatic carbocycles. The minimum absolute atomic E-state index is 0.159. The summed E-state index contributed by atoms with van der Waals surface area (Å²) in [5.74, 6) is -0.717. The standard InChI is InChI=1S/C13H14F3N5O3/c14-13(15,16)12(22)8-3-5-19(6-4-8)10-2-1-9-17-7-11(21(23)24)20(9)18-10/h1-2,7-8,12,22H,3-6H2. The van der Waals surface area contributed by atoms with Gasteiger partial charge < -0.3 is 20.1 Å². The van der Waals surface area contributed by atoms with Gasteiger partial charge in [0.15, 0.2) is 11.9 Å². The molecule has 1 N–H and O–H groups in total. The fourth-order valence-corrected chi connectivity index (χ4v) is 2.86. The molecule has 130 valence electrons. The molecule has 1 atom stereocenters. The van der Waals surface area contributed by atoms with E-state index in [1.165, 1.54) is 0 Å². The molecule has 0 spiro atoms. The van der Waals surface area contributed by atoms with Crippen LogP contribution in [0.4, 0.5) is 24.8 Å². The Bertz CT molecular complexity index is 755. The highest BCUT2D eigenvalue weighted by atomic mass is 19.4. The molecule has 8 nitrogen and oxygen atoms in total. The molecule has 24 heavy (non-hydrogen) atoms. The van der Waals surface area contributed by atoms with E-state index in [2.05, 4.69) is 10.1 Å². The van der Waals surface area contributed by atoms with Gasteiger partial charge in [-0.25, -0.2) is 4.98 Å². The van der Waals surface area contributed by atoms with Gasteiger partial charge in [0.25, 0.3) is 0 Å². The average molecular weight is 345 g/mol. The van der Waals surface area contributed by atoms with Crippen LogP contribution in [0.1, 0.15) is 12.8 Å². The Labute approximate surface area is 133 Å². The number of hydrogen-bond donors (Lipinski definition) is 1. The first-order valence-electron chi connectivity index (χ1n) is 7.26. The van der Waals surface area contributed by atoms with Crippen molar-refractivity contribution in [2.75, 3.05) is 18.0 Å². The molecule has 1 unspecified atom stereocenters. The van der Waals surface area contributed by atoms with Crippen LogP contribution in [0.3, 0.4) is 0 Å². The van der Waals surface area contributed by atoms with E-state index in [1.807, 2.05) is 0 Å². The maximum atomic E-state index is 12.6. The van der Waals surface area contributed by atoms with Crippen LogP contribution in [-0.2, 0) is 0 Å². The first kappa shape index (κ1) is 16.4. The van der Waals surface area contributed by atoms with Gasteiger partial charge in [0.2, 0.25) is 5.65 Å². The van der Waals surface area contributed by atoms with Crippen LogP contribution < -0.4 is 4.90 Å². The Balaban J connectivity index is 1.76. The molecule has 1 aliphatic rings. The maximum Gasteiger partial charge on any atom is 0.414 e. The van der Waals surface area contributed by atoms with Crippen molar-refractivity contribution >= 4 is 17.3 Å². The molecule has 0 radical (unpaired) electrons. The molecule has 2 aromatic rings. The van der Waals surface area contributed by atoms with E-state index in [9.17, 15) is 28.4 Å². The smallest absolute Gasteiger partial charge is 0.383 e. The van der Waals surface area contributed by atoms with E-state index in [0.717, 1.165) is 10.7 Å². The summed E-state index contributed by atoms with van der Waals surface area (Å²) < 4.78 is 38.8. The highest BCUT2D eigenvalue weighted by molar-refractivity contribution is 5.49. The molecule has 11 heteroatoms. The van der Waals surface area contributed by atoms with Crippen LogP contribution in [0.2, 0.25) is 0 Å². The van der Waals surface area contributed by atoms with E-state index in [0.29, 0.717) is 11.5 Å². The number of aliphatic hydroxyl groups is 1. The lowest BCUT2D eigenvalue weighted by Gasteiger charge is -2.34. The number of imidazole rings is 1. The fraction of sp³-hybridized carbons (Fsp3) is 0.538. The Kier molecular flexibility index (Phi) is 4.03. The summed E-state index contributed by atoms with van der Waals surface area (Å²) in [6.45, 7) is 0.553. The van der Waals surface area contributed by atoms with Crippen molar-refractivity contribution in [1.29, 1.82) is 0 Å². The van der Waals surface area contributed by atoms with E-state index in [1.54, 1.807) is 17.0 Å². The van der Waals surface area contributed by atoms with Crippen molar-refractivity contribution in [3.63, 3.8) is 0 Å². The maximum absolute atomic E-state index is 12.6. The molecule has 3 rings (SSSR count). The van der Waals surface area contributed by atoms with Crippen molar-refractivity contribution < 1.29 is 23.2 Å². The SMILES string of the molecule is O=[N+]([O-])c1cnc2ccc(N3CCC(C(O)C(F)(F)F)CC3)nn12. The molecule has 2 aromatic heterocycles. The van der Waals surface area contributed by atoms with Crippen molar-refractivity contribution in [2.24, 2.45) is 5.92 Å². The second kappa shape index (κ2) is 5.89. The number of halogens is 3. The highest BCUT2D eigenvalue weighted by Gasteiger charge is 2.44. The minimum atomic E-state index is -4.62. The highest BCUT2D eigenvalue weighted by Crippen LogP contribution is 2.32. The van der Waals surface area contributed by atoms with E-state index < -0.39 is 23.1 Å². The first-order chi connectivity index (χ1) is 11.3. The normalized spacial score (nSPS) is 18.1. The van der Waals surface area contributed by atoms with E-state index in [4.69, 9.17) is 0 Å². The van der Waals surface area contributed by atoms with Crippen molar-refractivity contribution in [3.05, 3.63) is 28.4 Å². The average Bonchev–Trinajstić information content (AvgIpc) is 2.96. The first-order valence-corrected chi connectivity index (χ1v) is 7.26. The van der Waals surface area contributed by atoms with E-state index >= 15 is 0 Å². The van der Waals surface area contributed by atoms with Crippen LogP contribution >= 0.6 is 0 Å². The zero-order valence-electron chi connectivity index (χ0n) is 12.3. The Morgan fingerprint density at radius 3 is 2.58 bits per heavy atom. The number of aliphatic hydroxyl groups excluding tert-OH is 1. The molecular weight excluding hydrogens is 331 g/mol. The quantitative estimate of drug-likeness (QED) is 0.673. The Morgan fingerprint density at radius 1 is 1.33 bits per heavy atom. The summed E-state index contributed by atoms with van der Waals surface area (Å²) in [7, 11) is 0. The molecule has 0 bridgehead atoms. The number of rotatable bonds is 3. The van der Waals surface area contributed by atoms with Gasteiger partial charge in [0.1, 0.15) is 6.20 Å². The van der Waals surface area contributed by atoms with Crippen LogP contribution in [0.25, 0.3) is 5.65 Å². The number of nitrogens with zero attached hydrogens (tertiary/aromatic N) is 5. The molecule has 3 heterocycles. The summed E-state index contributed by atoms with van der Waals surface area (Å²) >= 11 is 0. The van der Waals surface area contributed by atoms with Crippen LogP contribution in [-0.4, -0.2) is 50.0 Å². The zero-order valence-corrected chi connectivity index (χ0v) is 12.3. The molecule has 0 amide bonds.